The van der Waals surface area contributed by atoms with Crippen LogP contribution in [0, 0.1) is 0 Å². The normalized spacial score (nSPS) is 15.9. The topological polar surface area (TPSA) is 0 Å². The Morgan fingerprint density at radius 3 is 2.81 bits per heavy atom. The number of fused-ring (bicyclic) bond motifs is 2. The third-order valence-electron chi connectivity index (χ3n) is 3.99. The number of alkyl halides is 1. The molecule has 0 spiro atoms. The Morgan fingerprint density at radius 2 is 1.90 bits per heavy atom. The fourth-order valence-corrected chi connectivity index (χ4v) is 5.68. The molecule has 3 heteroatoms. The number of rotatable bonds is 2. The highest BCUT2D eigenvalue weighted by molar-refractivity contribution is 7.98. The molecule has 0 radical (unpaired) electrons. The third-order valence-corrected chi connectivity index (χ3v) is 6.90. The molecule has 1 aliphatic heterocycles. The Labute approximate surface area is 138 Å². The van der Waals surface area contributed by atoms with Crippen molar-refractivity contribution in [3.05, 3.63) is 69.4 Å². The van der Waals surface area contributed by atoms with Gasteiger partial charge < -0.3 is 0 Å². The van der Waals surface area contributed by atoms with Crippen LogP contribution in [0.1, 0.15) is 26.3 Å². The molecule has 1 unspecified atom stereocenters. The van der Waals surface area contributed by atoms with Crippen LogP contribution in [-0.4, -0.2) is 5.75 Å². The van der Waals surface area contributed by atoms with Crippen molar-refractivity contribution in [2.75, 3.05) is 5.75 Å². The Bertz CT molecular complexity index is 762. The number of hydrogen-bond acceptors (Lipinski definition) is 2. The molecule has 2 aromatic carbocycles. The third kappa shape index (κ3) is 2.50. The quantitative estimate of drug-likeness (QED) is 0.518. The van der Waals surface area contributed by atoms with Crippen LogP contribution in [0.25, 0.3) is 10.8 Å². The van der Waals surface area contributed by atoms with Gasteiger partial charge in [-0.25, -0.2) is 0 Å². The molecule has 0 nitrogen and oxygen atoms in total. The van der Waals surface area contributed by atoms with Gasteiger partial charge in [-0.1, -0.05) is 42.5 Å². The van der Waals surface area contributed by atoms with E-state index in [0.29, 0.717) is 0 Å². The molecule has 0 bridgehead atoms. The average molecular weight is 331 g/mol. The van der Waals surface area contributed by atoms with Gasteiger partial charge in [0.05, 0.1) is 5.38 Å². The van der Waals surface area contributed by atoms with E-state index >= 15 is 0 Å². The summed E-state index contributed by atoms with van der Waals surface area (Å²) in [6.45, 7) is 0. The SMILES string of the molecule is ClC(c1cc2c(s1)CCSC2)c1cccc2ccccc12. The average Bonchev–Trinajstić information content (AvgIpc) is 2.97. The van der Waals surface area contributed by atoms with Crippen molar-refractivity contribution in [3.8, 4) is 0 Å². The van der Waals surface area contributed by atoms with E-state index in [1.54, 1.807) is 0 Å². The molecule has 21 heavy (non-hydrogen) atoms. The lowest BCUT2D eigenvalue weighted by atomic mass is 10.0. The van der Waals surface area contributed by atoms with E-state index in [-0.39, 0.29) is 5.38 Å². The zero-order valence-corrected chi connectivity index (χ0v) is 13.9. The van der Waals surface area contributed by atoms with Crippen molar-refractivity contribution < 1.29 is 0 Å². The number of benzene rings is 2. The zero-order valence-electron chi connectivity index (χ0n) is 11.5. The summed E-state index contributed by atoms with van der Waals surface area (Å²) in [6, 6.07) is 17.2. The lowest BCUT2D eigenvalue weighted by Gasteiger charge is -2.11. The molecule has 1 aliphatic rings. The van der Waals surface area contributed by atoms with Gasteiger partial charge in [-0.15, -0.1) is 22.9 Å². The number of hydrogen-bond donors (Lipinski definition) is 0. The van der Waals surface area contributed by atoms with Gasteiger partial charge in [-0.3, -0.25) is 0 Å². The number of thioether (sulfide) groups is 1. The molecular formula is C18H15ClS2. The predicted octanol–water partition coefficient (Wildman–Crippen LogP) is 6.02. The van der Waals surface area contributed by atoms with E-state index in [2.05, 4.69) is 48.5 Å². The van der Waals surface area contributed by atoms with Gasteiger partial charge in [-0.05, 0) is 40.1 Å². The van der Waals surface area contributed by atoms with Crippen molar-refractivity contribution in [3.63, 3.8) is 0 Å². The van der Waals surface area contributed by atoms with Gasteiger partial charge in [0.2, 0.25) is 0 Å². The minimum Gasteiger partial charge on any atom is -0.157 e. The van der Waals surface area contributed by atoms with Crippen LogP contribution < -0.4 is 0 Å². The maximum Gasteiger partial charge on any atom is 0.0933 e. The van der Waals surface area contributed by atoms with Crippen LogP contribution in [0.2, 0.25) is 0 Å². The second-order valence-corrected chi connectivity index (χ2v) is 8.04. The summed E-state index contributed by atoms with van der Waals surface area (Å²) >= 11 is 10.8. The van der Waals surface area contributed by atoms with Gasteiger partial charge in [0, 0.05) is 15.5 Å². The van der Waals surface area contributed by atoms with Crippen molar-refractivity contribution in [1.29, 1.82) is 0 Å². The first-order chi connectivity index (χ1) is 10.3. The summed E-state index contributed by atoms with van der Waals surface area (Å²) in [5, 5.41) is 2.48. The standard InChI is InChI=1S/C18H15ClS2/c19-18(17-10-13-11-20-9-8-16(13)21-17)15-7-3-5-12-4-1-2-6-14(12)15/h1-7,10,18H,8-9,11H2. The van der Waals surface area contributed by atoms with Crippen LogP contribution >= 0.6 is 34.7 Å². The number of thiophene rings is 1. The van der Waals surface area contributed by atoms with E-state index in [1.165, 1.54) is 43.8 Å². The Morgan fingerprint density at radius 1 is 1.05 bits per heavy atom. The van der Waals surface area contributed by atoms with Crippen LogP contribution in [-0.2, 0) is 12.2 Å². The number of aryl methyl sites for hydroxylation is 1. The molecule has 1 aromatic heterocycles. The highest BCUT2D eigenvalue weighted by atomic mass is 35.5. The molecule has 0 saturated heterocycles. The summed E-state index contributed by atoms with van der Waals surface area (Å²) in [5.74, 6) is 2.39. The summed E-state index contributed by atoms with van der Waals surface area (Å²) in [5.41, 5.74) is 2.72. The highest BCUT2D eigenvalue weighted by Crippen LogP contribution is 2.41. The van der Waals surface area contributed by atoms with Crippen molar-refractivity contribution >= 4 is 45.5 Å². The first-order valence-electron chi connectivity index (χ1n) is 7.14. The van der Waals surface area contributed by atoms with Crippen LogP contribution in [0.15, 0.2) is 48.5 Å². The Kier molecular flexibility index (Phi) is 3.70. The van der Waals surface area contributed by atoms with Gasteiger partial charge in [0.1, 0.15) is 0 Å². The zero-order chi connectivity index (χ0) is 14.2. The lowest BCUT2D eigenvalue weighted by molar-refractivity contribution is 1.13. The molecule has 1 atom stereocenters. The molecular weight excluding hydrogens is 316 g/mol. The fourth-order valence-electron chi connectivity index (χ4n) is 2.92. The largest absolute Gasteiger partial charge is 0.157 e. The fraction of sp³-hybridized carbons (Fsp3) is 0.222. The molecule has 3 aromatic rings. The molecule has 106 valence electrons. The molecule has 0 saturated carbocycles. The molecule has 0 aliphatic carbocycles. The first-order valence-corrected chi connectivity index (χ1v) is 9.54. The highest BCUT2D eigenvalue weighted by Gasteiger charge is 2.20. The minimum atomic E-state index is -0.0447. The maximum atomic E-state index is 6.83. The lowest BCUT2D eigenvalue weighted by Crippen LogP contribution is -1.96. The Balaban J connectivity index is 1.79. The Hall–Kier alpha value is -0.960. The van der Waals surface area contributed by atoms with Crippen molar-refractivity contribution in [2.24, 2.45) is 0 Å². The first kappa shape index (κ1) is 13.7. The van der Waals surface area contributed by atoms with E-state index in [0.717, 1.165) is 5.75 Å². The summed E-state index contributed by atoms with van der Waals surface area (Å²) < 4.78 is 0. The van der Waals surface area contributed by atoms with Gasteiger partial charge in [0.25, 0.3) is 0 Å². The van der Waals surface area contributed by atoms with Gasteiger partial charge in [0.15, 0.2) is 0 Å². The molecule has 4 rings (SSSR count). The number of halogens is 1. The molecule has 0 fully saturated rings. The van der Waals surface area contributed by atoms with E-state index < -0.39 is 0 Å². The summed E-state index contributed by atoms with van der Waals surface area (Å²) in [4.78, 5) is 2.83. The van der Waals surface area contributed by atoms with Crippen molar-refractivity contribution in [1.82, 2.24) is 0 Å². The van der Waals surface area contributed by atoms with Crippen LogP contribution in [0.5, 0.6) is 0 Å². The molecule has 0 N–H and O–H groups in total. The van der Waals surface area contributed by atoms with Crippen LogP contribution in [0.3, 0.4) is 0 Å². The van der Waals surface area contributed by atoms with Gasteiger partial charge >= 0.3 is 0 Å². The summed E-state index contributed by atoms with van der Waals surface area (Å²) in [7, 11) is 0. The summed E-state index contributed by atoms with van der Waals surface area (Å²) in [6.07, 6.45) is 1.20. The monoisotopic (exact) mass is 330 g/mol. The van der Waals surface area contributed by atoms with Crippen LogP contribution in [0.4, 0.5) is 0 Å². The van der Waals surface area contributed by atoms with E-state index in [1.807, 2.05) is 23.1 Å². The predicted molar refractivity (Wildman–Crippen MR) is 95.8 cm³/mol. The molecule has 2 heterocycles. The second-order valence-electron chi connectivity index (χ2n) is 5.33. The van der Waals surface area contributed by atoms with E-state index in [9.17, 15) is 0 Å². The van der Waals surface area contributed by atoms with E-state index in [4.69, 9.17) is 11.6 Å². The van der Waals surface area contributed by atoms with Crippen molar-refractivity contribution in [2.45, 2.75) is 17.6 Å². The molecule has 0 amide bonds. The van der Waals surface area contributed by atoms with Gasteiger partial charge in [-0.2, -0.15) is 11.8 Å². The smallest absolute Gasteiger partial charge is 0.0933 e. The second kappa shape index (κ2) is 5.68. The maximum absolute atomic E-state index is 6.83. The minimum absolute atomic E-state index is 0.0447.